The van der Waals surface area contributed by atoms with Crippen LogP contribution in [-0.4, -0.2) is 31.3 Å². The Morgan fingerprint density at radius 3 is 3.05 bits per heavy atom. The van der Waals surface area contributed by atoms with Crippen molar-refractivity contribution in [1.29, 1.82) is 0 Å². The van der Waals surface area contributed by atoms with Gasteiger partial charge in [0.25, 0.3) is 0 Å². The third-order valence-corrected chi connectivity index (χ3v) is 4.07. The van der Waals surface area contributed by atoms with Crippen molar-refractivity contribution in [3.8, 4) is 0 Å². The summed E-state index contributed by atoms with van der Waals surface area (Å²) in [7, 11) is 0. The van der Waals surface area contributed by atoms with Gasteiger partial charge in [0.1, 0.15) is 12.4 Å². The molecule has 2 rings (SSSR count). The number of benzene rings is 1. The number of rotatable bonds is 5. The minimum Gasteiger partial charge on any atom is -0.480 e. The van der Waals surface area contributed by atoms with E-state index in [9.17, 15) is 9.18 Å². The zero-order valence-electron chi connectivity index (χ0n) is 9.45. The van der Waals surface area contributed by atoms with Crippen molar-refractivity contribution >= 4 is 33.7 Å². The van der Waals surface area contributed by atoms with E-state index < -0.39 is 5.97 Å². The summed E-state index contributed by atoms with van der Waals surface area (Å²) < 4.78 is 14.9. The maximum Gasteiger partial charge on any atom is 0.325 e. The Kier molecular flexibility index (Phi) is 4.48. The van der Waals surface area contributed by atoms with Crippen LogP contribution >= 0.6 is 27.7 Å². The predicted octanol–water partition coefficient (Wildman–Crippen LogP) is 1.95. The summed E-state index contributed by atoms with van der Waals surface area (Å²) in [4.78, 5) is 10.6. The van der Waals surface area contributed by atoms with Gasteiger partial charge in [0.05, 0.1) is 4.47 Å². The van der Waals surface area contributed by atoms with Crippen LogP contribution in [0.4, 0.5) is 4.39 Å². The zero-order chi connectivity index (χ0) is 13.8. The van der Waals surface area contributed by atoms with Crippen LogP contribution in [0.3, 0.4) is 0 Å². The normalized spacial score (nSPS) is 10.6. The molecular weight excluding hydrogens is 339 g/mol. The number of carboxylic acids is 1. The summed E-state index contributed by atoms with van der Waals surface area (Å²) >= 11 is 4.40. The molecular formula is C10H8BrFN4O2S. The van der Waals surface area contributed by atoms with Crippen molar-refractivity contribution in [2.75, 3.05) is 0 Å². The van der Waals surface area contributed by atoms with E-state index in [4.69, 9.17) is 5.11 Å². The molecule has 1 N–H and O–H groups in total. The van der Waals surface area contributed by atoms with E-state index >= 15 is 0 Å². The molecule has 0 radical (unpaired) electrons. The first-order valence-electron chi connectivity index (χ1n) is 5.11. The molecule has 0 saturated carbocycles. The van der Waals surface area contributed by atoms with Crippen LogP contribution in [0, 0.1) is 5.82 Å². The van der Waals surface area contributed by atoms with E-state index in [2.05, 4.69) is 31.5 Å². The summed E-state index contributed by atoms with van der Waals surface area (Å²) in [5.41, 5.74) is 0.745. The molecule has 100 valence electrons. The van der Waals surface area contributed by atoms with Gasteiger partial charge < -0.3 is 5.11 Å². The number of hydrogen-bond donors (Lipinski definition) is 1. The number of thioether (sulfide) groups is 1. The highest BCUT2D eigenvalue weighted by Gasteiger charge is 2.12. The van der Waals surface area contributed by atoms with Crippen LogP contribution in [0.2, 0.25) is 0 Å². The molecule has 0 saturated heterocycles. The van der Waals surface area contributed by atoms with E-state index in [0.717, 1.165) is 5.56 Å². The molecule has 0 bridgehead atoms. The zero-order valence-corrected chi connectivity index (χ0v) is 11.9. The molecule has 0 aliphatic rings. The number of nitrogens with zero attached hydrogens (tertiary/aromatic N) is 4. The molecule has 1 heterocycles. The van der Waals surface area contributed by atoms with Gasteiger partial charge in [-0.3, -0.25) is 4.79 Å². The molecule has 0 unspecified atom stereocenters. The Morgan fingerprint density at radius 1 is 1.53 bits per heavy atom. The number of halogens is 2. The van der Waals surface area contributed by atoms with Crippen LogP contribution in [0.25, 0.3) is 0 Å². The molecule has 0 amide bonds. The van der Waals surface area contributed by atoms with E-state index in [1.54, 1.807) is 12.1 Å². The van der Waals surface area contributed by atoms with Crippen molar-refractivity contribution in [2.45, 2.75) is 17.5 Å². The maximum atomic E-state index is 13.3. The Morgan fingerprint density at radius 2 is 2.32 bits per heavy atom. The van der Waals surface area contributed by atoms with Gasteiger partial charge in [0.2, 0.25) is 5.16 Å². The number of hydrogen-bond acceptors (Lipinski definition) is 5. The van der Waals surface area contributed by atoms with Gasteiger partial charge in [-0.1, -0.05) is 23.9 Å². The van der Waals surface area contributed by atoms with E-state index in [1.807, 2.05) is 0 Å². The topological polar surface area (TPSA) is 80.9 Å². The molecule has 9 heteroatoms. The molecule has 0 fully saturated rings. The van der Waals surface area contributed by atoms with E-state index in [0.29, 0.717) is 15.4 Å². The van der Waals surface area contributed by atoms with Gasteiger partial charge in [0.15, 0.2) is 0 Å². The van der Waals surface area contributed by atoms with Crippen molar-refractivity contribution in [1.82, 2.24) is 20.2 Å². The fraction of sp³-hybridized carbons (Fsp3) is 0.200. The van der Waals surface area contributed by atoms with Gasteiger partial charge >= 0.3 is 5.97 Å². The second-order valence-electron chi connectivity index (χ2n) is 3.51. The molecule has 0 aliphatic carbocycles. The van der Waals surface area contributed by atoms with Crippen molar-refractivity contribution < 1.29 is 14.3 Å². The molecule has 1 aromatic heterocycles. The second kappa shape index (κ2) is 6.11. The largest absolute Gasteiger partial charge is 0.480 e. The van der Waals surface area contributed by atoms with Gasteiger partial charge in [-0.15, -0.1) is 5.10 Å². The predicted molar refractivity (Wildman–Crippen MR) is 69.1 cm³/mol. The fourth-order valence-corrected chi connectivity index (χ4v) is 2.79. The van der Waals surface area contributed by atoms with E-state index in [-0.39, 0.29) is 12.4 Å². The van der Waals surface area contributed by atoms with Crippen molar-refractivity contribution in [3.63, 3.8) is 0 Å². The van der Waals surface area contributed by atoms with E-state index in [1.165, 1.54) is 22.5 Å². The molecule has 1 aromatic carbocycles. The molecule has 19 heavy (non-hydrogen) atoms. The summed E-state index contributed by atoms with van der Waals surface area (Å²) in [5, 5.41) is 19.8. The van der Waals surface area contributed by atoms with Crippen molar-refractivity contribution in [2.24, 2.45) is 0 Å². The van der Waals surface area contributed by atoms with Crippen LogP contribution < -0.4 is 0 Å². The highest BCUT2D eigenvalue weighted by atomic mass is 79.9. The molecule has 2 aromatic rings. The lowest BCUT2D eigenvalue weighted by Gasteiger charge is -2.04. The first kappa shape index (κ1) is 13.9. The Bertz CT molecular complexity index is 607. The van der Waals surface area contributed by atoms with Gasteiger partial charge in [-0.25, -0.2) is 9.07 Å². The molecule has 0 spiro atoms. The minimum absolute atomic E-state index is 0.306. The lowest BCUT2D eigenvalue weighted by atomic mass is 10.2. The third kappa shape index (κ3) is 3.51. The Labute approximate surface area is 120 Å². The van der Waals surface area contributed by atoms with Crippen LogP contribution in [0.15, 0.2) is 27.8 Å². The fourth-order valence-electron chi connectivity index (χ4n) is 1.33. The molecule has 6 nitrogen and oxygen atoms in total. The number of carbonyl (C=O) groups is 1. The van der Waals surface area contributed by atoms with Crippen LogP contribution in [0.5, 0.6) is 0 Å². The standard InChI is InChI=1S/C10H8BrFN4O2S/c11-9-6(2-1-3-7(9)12)5-19-10-13-14-15-16(10)4-8(17)18/h1-3H,4-5H2,(H,17,18). The Hall–Kier alpha value is -1.48. The minimum atomic E-state index is -1.03. The maximum absolute atomic E-state index is 13.3. The Balaban J connectivity index is 2.08. The summed E-state index contributed by atoms with van der Waals surface area (Å²) in [6.45, 7) is -0.306. The lowest BCUT2D eigenvalue weighted by molar-refractivity contribution is -0.138. The second-order valence-corrected chi connectivity index (χ2v) is 5.25. The number of carboxylic acid groups (broad SMARTS) is 1. The van der Waals surface area contributed by atoms with Gasteiger partial charge in [-0.05, 0) is 38.0 Å². The van der Waals surface area contributed by atoms with Gasteiger partial charge in [-0.2, -0.15) is 0 Å². The van der Waals surface area contributed by atoms with Crippen molar-refractivity contribution in [3.05, 3.63) is 34.1 Å². The number of aromatic nitrogens is 4. The summed E-state index contributed by atoms with van der Waals surface area (Å²) in [6.07, 6.45) is 0. The quantitative estimate of drug-likeness (QED) is 0.833. The lowest BCUT2D eigenvalue weighted by Crippen LogP contribution is -2.11. The van der Waals surface area contributed by atoms with Gasteiger partial charge in [0, 0.05) is 5.75 Å². The highest BCUT2D eigenvalue weighted by Crippen LogP contribution is 2.27. The first-order valence-corrected chi connectivity index (χ1v) is 6.89. The SMILES string of the molecule is O=C(O)Cn1nnnc1SCc1cccc(F)c1Br. The molecule has 0 aliphatic heterocycles. The third-order valence-electron chi connectivity index (χ3n) is 2.17. The highest BCUT2D eigenvalue weighted by molar-refractivity contribution is 9.10. The summed E-state index contributed by atoms with van der Waals surface area (Å²) in [6, 6.07) is 4.73. The number of aliphatic carboxylic acids is 1. The average Bonchev–Trinajstić information content (AvgIpc) is 2.78. The van der Waals surface area contributed by atoms with Crippen LogP contribution in [-0.2, 0) is 17.1 Å². The molecule has 0 atom stereocenters. The smallest absolute Gasteiger partial charge is 0.325 e. The summed E-state index contributed by atoms with van der Waals surface area (Å²) in [5.74, 6) is -0.942. The first-order chi connectivity index (χ1) is 9.08. The monoisotopic (exact) mass is 346 g/mol. The average molecular weight is 347 g/mol. The number of tetrazole rings is 1. The van der Waals surface area contributed by atoms with Crippen LogP contribution in [0.1, 0.15) is 5.56 Å².